The molecule has 3 N–H and O–H groups in total. The first-order valence-electron chi connectivity index (χ1n) is 5.46. The summed E-state index contributed by atoms with van der Waals surface area (Å²) >= 11 is 0. The molecule has 88 valence electrons. The highest BCUT2D eigenvalue weighted by Crippen LogP contribution is 2.20. The first kappa shape index (κ1) is 12.5. The van der Waals surface area contributed by atoms with Crippen LogP contribution in [-0.2, 0) is 6.42 Å². The molecule has 0 fully saturated rings. The number of rotatable bonds is 3. The lowest BCUT2D eigenvalue weighted by molar-refractivity contribution is 0.248. The highest BCUT2D eigenvalue weighted by Gasteiger charge is 2.12. The van der Waals surface area contributed by atoms with E-state index in [0.717, 1.165) is 29.1 Å². The molecule has 4 heteroatoms. The smallest absolute Gasteiger partial charge is 0.336 e. The van der Waals surface area contributed by atoms with E-state index in [2.05, 4.69) is 18.3 Å². The third kappa shape index (κ3) is 2.73. The second kappa shape index (κ2) is 5.51. The number of aryl methyl sites for hydroxylation is 2. The zero-order chi connectivity index (χ0) is 12.1. The minimum absolute atomic E-state index is 0.309. The molecule has 0 aliphatic rings. The number of hydrogen-bond donors (Lipinski definition) is 2. The molecule has 0 aliphatic carbocycles. The van der Waals surface area contributed by atoms with Crippen LogP contribution in [0.1, 0.15) is 24.5 Å². The number of benzene rings is 1. The highest BCUT2D eigenvalue weighted by atomic mass is 16.2. The van der Waals surface area contributed by atoms with Crippen LogP contribution in [0.2, 0.25) is 0 Å². The van der Waals surface area contributed by atoms with Crippen molar-refractivity contribution in [1.29, 1.82) is 0 Å². The second-order valence-electron chi connectivity index (χ2n) is 3.80. The average molecular weight is 221 g/mol. The van der Waals surface area contributed by atoms with Crippen LogP contribution in [0.25, 0.3) is 0 Å². The number of carbonyl (C=O) groups excluding carboxylic acids is 1. The molecule has 0 saturated heterocycles. The molecule has 0 bridgehead atoms. The molecule has 4 nitrogen and oxygen atoms in total. The summed E-state index contributed by atoms with van der Waals surface area (Å²) in [4.78, 5) is 11.4. The van der Waals surface area contributed by atoms with Gasteiger partial charge in [-0.1, -0.05) is 25.5 Å². The maximum absolute atomic E-state index is 11.4. The number of amides is 2. The zero-order valence-corrected chi connectivity index (χ0v) is 10.1. The van der Waals surface area contributed by atoms with Crippen LogP contribution in [0.5, 0.6) is 0 Å². The Morgan fingerprint density at radius 2 is 2.19 bits per heavy atom. The first-order valence-corrected chi connectivity index (χ1v) is 5.46. The average Bonchev–Trinajstić information content (AvgIpc) is 2.30. The van der Waals surface area contributed by atoms with Crippen molar-refractivity contribution in [2.24, 2.45) is 5.84 Å². The Kier molecular flexibility index (Phi) is 4.31. The summed E-state index contributed by atoms with van der Waals surface area (Å²) in [6.45, 7) is 4.06. The van der Waals surface area contributed by atoms with Crippen molar-refractivity contribution in [3.63, 3.8) is 0 Å². The molecule has 0 spiro atoms. The topological polar surface area (TPSA) is 58.4 Å². The van der Waals surface area contributed by atoms with Gasteiger partial charge in [-0.15, -0.1) is 0 Å². The highest BCUT2D eigenvalue weighted by molar-refractivity contribution is 5.91. The number of urea groups is 1. The van der Waals surface area contributed by atoms with Gasteiger partial charge in [0.1, 0.15) is 0 Å². The van der Waals surface area contributed by atoms with Gasteiger partial charge in [-0.05, 0) is 30.5 Å². The molecule has 1 rings (SSSR count). The zero-order valence-electron chi connectivity index (χ0n) is 10.1. The van der Waals surface area contributed by atoms with Gasteiger partial charge >= 0.3 is 6.03 Å². The van der Waals surface area contributed by atoms with E-state index in [9.17, 15) is 4.79 Å². The van der Waals surface area contributed by atoms with Crippen molar-refractivity contribution in [2.45, 2.75) is 26.7 Å². The Hall–Kier alpha value is -1.55. The van der Waals surface area contributed by atoms with Crippen molar-refractivity contribution in [2.75, 3.05) is 12.1 Å². The normalized spacial score (nSPS) is 10.0. The molecule has 0 radical (unpaired) electrons. The van der Waals surface area contributed by atoms with Crippen LogP contribution in [0.15, 0.2) is 18.2 Å². The van der Waals surface area contributed by atoms with E-state index in [0.29, 0.717) is 0 Å². The van der Waals surface area contributed by atoms with E-state index < -0.39 is 0 Å². The van der Waals surface area contributed by atoms with E-state index in [4.69, 9.17) is 5.84 Å². The van der Waals surface area contributed by atoms with Crippen molar-refractivity contribution in [1.82, 2.24) is 5.32 Å². The molecule has 2 amide bonds. The Labute approximate surface area is 96.4 Å². The molecule has 0 aromatic heterocycles. The van der Waals surface area contributed by atoms with Crippen LogP contribution in [0.4, 0.5) is 10.5 Å². The summed E-state index contributed by atoms with van der Waals surface area (Å²) in [5.74, 6) is 5.74. The number of nitrogens with two attached hydrogens (primary N) is 1. The van der Waals surface area contributed by atoms with Crippen LogP contribution in [0, 0.1) is 6.92 Å². The lowest BCUT2D eigenvalue weighted by Crippen LogP contribution is -2.43. The Balaban J connectivity index is 3.01. The summed E-state index contributed by atoms with van der Waals surface area (Å²) in [5.41, 5.74) is 2.94. The minimum Gasteiger partial charge on any atom is -0.340 e. The van der Waals surface area contributed by atoms with Gasteiger partial charge < -0.3 is 5.32 Å². The van der Waals surface area contributed by atoms with Crippen molar-refractivity contribution >= 4 is 11.7 Å². The predicted molar refractivity (Wildman–Crippen MR) is 66.3 cm³/mol. The van der Waals surface area contributed by atoms with Gasteiger partial charge in [0.15, 0.2) is 0 Å². The number of nitrogens with one attached hydrogen (secondary N) is 1. The quantitative estimate of drug-likeness (QED) is 0.466. The fourth-order valence-electron chi connectivity index (χ4n) is 1.59. The van der Waals surface area contributed by atoms with Crippen LogP contribution >= 0.6 is 0 Å². The van der Waals surface area contributed by atoms with Crippen LogP contribution in [0.3, 0.4) is 0 Å². The van der Waals surface area contributed by atoms with Gasteiger partial charge in [-0.2, -0.15) is 0 Å². The summed E-state index contributed by atoms with van der Waals surface area (Å²) in [7, 11) is 1.56. The second-order valence-corrected chi connectivity index (χ2v) is 3.80. The van der Waals surface area contributed by atoms with Gasteiger partial charge in [0.2, 0.25) is 0 Å². The Bertz CT molecular complexity index is 377. The van der Waals surface area contributed by atoms with Gasteiger partial charge in [0, 0.05) is 7.05 Å². The number of anilines is 1. The summed E-state index contributed by atoms with van der Waals surface area (Å²) in [6, 6.07) is 5.72. The first-order chi connectivity index (χ1) is 7.60. The molecule has 1 aromatic carbocycles. The number of carbonyl (C=O) groups is 1. The van der Waals surface area contributed by atoms with E-state index in [1.165, 1.54) is 5.56 Å². The van der Waals surface area contributed by atoms with Gasteiger partial charge in [0.25, 0.3) is 0 Å². The van der Waals surface area contributed by atoms with Crippen molar-refractivity contribution in [3.8, 4) is 0 Å². The lowest BCUT2D eigenvalue weighted by atomic mass is 10.1. The third-order valence-corrected chi connectivity index (χ3v) is 2.50. The predicted octanol–water partition coefficient (Wildman–Crippen LogP) is 1.97. The van der Waals surface area contributed by atoms with Crippen molar-refractivity contribution in [3.05, 3.63) is 29.3 Å². The Morgan fingerprint density at radius 3 is 2.75 bits per heavy atom. The fourth-order valence-corrected chi connectivity index (χ4v) is 1.59. The van der Waals surface area contributed by atoms with Crippen LogP contribution in [-0.4, -0.2) is 13.1 Å². The van der Waals surface area contributed by atoms with Gasteiger partial charge in [0.05, 0.1) is 5.69 Å². The van der Waals surface area contributed by atoms with E-state index in [1.54, 1.807) is 7.05 Å². The molecule has 0 aliphatic heterocycles. The third-order valence-electron chi connectivity index (χ3n) is 2.50. The molecule has 1 aromatic rings. The maximum atomic E-state index is 11.4. The standard InChI is InChI=1S/C12H19N3O/c1-4-5-10-7-6-9(2)11(8-10)15(13)12(16)14-3/h6-8H,4-5,13H2,1-3H3,(H,14,16). The van der Waals surface area contributed by atoms with Gasteiger partial charge in [-0.25, -0.2) is 15.6 Å². The molecule has 0 atom stereocenters. The van der Waals surface area contributed by atoms with E-state index >= 15 is 0 Å². The Morgan fingerprint density at radius 1 is 1.50 bits per heavy atom. The van der Waals surface area contributed by atoms with E-state index in [-0.39, 0.29) is 6.03 Å². The summed E-state index contributed by atoms with van der Waals surface area (Å²) in [5, 5.41) is 3.65. The largest absolute Gasteiger partial charge is 0.340 e. The lowest BCUT2D eigenvalue weighted by Gasteiger charge is -2.19. The summed E-state index contributed by atoms with van der Waals surface area (Å²) < 4.78 is 0. The molecule has 0 unspecified atom stereocenters. The number of hydrazine groups is 1. The van der Waals surface area contributed by atoms with E-state index in [1.807, 2.05) is 19.1 Å². The number of hydrogen-bond acceptors (Lipinski definition) is 2. The molecule has 16 heavy (non-hydrogen) atoms. The summed E-state index contributed by atoms with van der Waals surface area (Å²) in [6.07, 6.45) is 2.07. The van der Waals surface area contributed by atoms with Gasteiger partial charge in [-0.3, -0.25) is 0 Å². The maximum Gasteiger partial charge on any atom is 0.336 e. The molecular weight excluding hydrogens is 202 g/mol. The molecule has 0 heterocycles. The van der Waals surface area contributed by atoms with Crippen molar-refractivity contribution < 1.29 is 4.79 Å². The monoisotopic (exact) mass is 221 g/mol. The van der Waals surface area contributed by atoms with Crippen LogP contribution < -0.4 is 16.2 Å². The SMILES string of the molecule is CCCc1ccc(C)c(N(N)C(=O)NC)c1. The molecular formula is C12H19N3O. The minimum atomic E-state index is -0.309. The fraction of sp³-hybridized carbons (Fsp3) is 0.417. The number of nitrogens with zero attached hydrogens (tertiary/aromatic N) is 1. The molecule has 0 saturated carbocycles.